The van der Waals surface area contributed by atoms with Crippen molar-refractivity contribution in [2.45, 2.75) is 58.4 Å². The molecule has 2 N–H and O–H groups in total. The molecule has 0 aromatic carbocycles. The van der Waals surface area contributed by atoms with Gasteiger partial charge in [-0.3, -0.25) is 4.98 Å². The largest absolute Gasteiger partial charge is 0.383 e. The summed E-state index contributed by atoms with van der Waals surface area (Å²) in [6, 6.07) is 2.01. The number of hydrogen-bond acceptors (Lipinski definition) is 3. The molecule has 21 heavy (non-hydrogen) atoms. The minimum Gasteiger partial charge on any atom is -0.383 e. The summed E-state index contributed by atoms with van der Waals surface area (Å²) in [4.78, 5) is 9.17. The number of imidazole rings is 1. The fourth-order valence-corrected chi connectivity index (χ4v) is 3.40. The molecule has 2 aromatic heterocycles. The van der Waals surface area contributed by atoms with E-state index in [-0.39, 0.29) is 0 Å². The standard InChI is InChI=1S/C17H24N4/c1-3-21-16(18)15(14-11-19-10-9-12(14)2)20-17(21)13-7-5-4-6-8-13/h9-11,13H,3-8,18H2,1-2H3. The first-order chi connectivity index (χ1) is 10.2. The lowest BCUT2D eigenvalue weighted by Crippen LogP contribution is -2.12. The first-order valence-corrected chi connectivity index (χ1v) is 7.99. The van der Waals surface area contributed by atoms with Crippen LogP contribution < -0.4 is 5.73 Å². The lowest BCUT2D eigenvalue weighted by atomic mass is 9.88. The maximum atomic E-state index is 6.39. The predicted octanol–water partition coefficient (Wildman–Crippen LogP) is 3.90. The number of rotatable bonds is 3. The predicted molar refractivity (Wildman–Crippen MR) is 86.1 cm³/mol. The second-order valence-corrected chi connectivity index (χ2v) is 5.97. The Kier molecular flexibility index (Phi) is 3.95. The van der Waals surface area contributed by atoms with Crippen molar-refractivity contribution < 1.29 is 0 Å². The van der Waals surface area contributed by atoms with Gasteiger partial charge < -0.3 is 10.3 Å². The van der Waals surface area contributed by atoms with Gasteiger partial charge in [0, 0.05) is 30.4 Å². The summed E-state index contributed by atoms with van der Waals surface area (Å²) in [7, 11) is 0. The number of nitrogens with two attached hydrogens (primary N) is 1. The zero-order chi connectivity index (χ0) is 14.8. The van der Waals surface area contributed by atoms with Gasteiger partial charge in [0.2, 0.25) is 0 Å². The van der Waals surface area contributed by atoms with Gasteiger partial charge in [0.05, 0.1) is 0 Å². The summed E-state index contributed by atoms with van der Waals surface area (Å²) in [5.74, 6) is 2.52. The van der Waals surface area contributed by atoms with Crippen molar-refractivity contribution in [2.75, 3.05) is 5.73 Å². The van der Waals surface area contributed by atoms with Gasteiger partial charge in [-0.25, -0.2) is 4.98 Å². The van der Waals surface area contributed by atoms with Gasteiger partial charge >= 0.3 is 0 Å². The van der Waals surface area contributed by atoms with E-state index in [1.165, 1.54) is 43.5 Å². The molecule has 0 atom stereocenters. The molecular weight excluding hydrogens is 260 g/mol. The number of nitrogens with zero attached hydrogens (tertiary/aromatic N) is 3. The number of aryl methyl sites for hydroxylation is 1. The van der Waals surface area contributed by atoms with Crippen molar-refractivity contribution in [1.82, 2.24) is 14.5 Å². The van der Waals surface area contributed by atoms with Crippen LogP contribution in [0.4, 0.5) is 5.82 Å². The minimum atomic E-state index is 0.562. The van der Waals surface area contributed by atoms with E-state index in [1.807, 2.05) is 18.5 Å². The topological polar surface area (TPSA) is 56.7 Å². The van der Waals surface area contributed by atoms with Crippen LogP contribution in [0.1, 0.15) is 56.3 Å². The summed E-state index contributed by atoms with van der Waals surface area (Å²) >= 11 is 0. The third-order valence-corrected chi connectivity index (χ3v) is 4.62. The second kappa shape index (κ2) is 5.88. The molecule has 2 heterocycles. The molecule has 4 heteroatoms. The Morgan fingerprint density at radius 1 is 1.29 bits per heavy atom. The van der Waals surface area contributed by atoms with E-state index < -0.39 is 0 Å². The van der Waals surface area contributed by atoms with Crippen molar-refractivity contribution in [2.24, 2.45) is 0 Å². The van der Waals surface area contributed by atoms with E-state index in [2.05, 4.69) is 23.4 Å². The van der Waals surface area contributed by atoms with Crippen LogP contribution in [0.2, 0.25) is 0 Å². The van der Waals surface area contributed by atoms with E-state index in [0.717, 1.165) is 23.6 Å². The monoisotopic (exact) mass is 284 g/mol. The molecule has 1 aliphatic rings. The van der Waals surface area contributed by atoms with E-state index >= 15 is 0 Å². The van der Waals surface area contributed by atoms with Crippen LogP contribution in [0, 0.1) is 6.92 Å². The SMILES string of the molecule is CCn1c(C2CCCCC2)nc(-c2cnccc2C)c1N. The van der Waals surface area contributed by atoms with Gasteiger partial charge in [0.25, 0.3) is 0 Å². The van der Waals surface area contributed by atoms with Crippen molar-refractivity contribution >= 4 is 5.82 Å². The molecule has 1 aliphatic carbocycles. The van der Waals surface area contributed by atoms with Gasteiger partial charge in [0.15, 0.2) is 0 Å². The quantitative estimate of drug-likeness (QED) is 0.929. The lowest BCUT2D eigenvalue weighted by Gasteiger charge is -2.21. The van der Waals surface area contributed by atoms with Crippen LogP contribution >= 0.6 is 0 Å². The van der Waals surface area contributed by atoms with E-state index in [4.69, 9.17) is 10.7 Å². The maximum Gasteiger partial charge on any atom is 0.131 e. The summed E-state index contributed by atoms with van der Waals surface area (Å²) in [6.07, 6.45) is 10.1. The Morgan fingerprint density at radius 2 is 2.05 bits per heavy atom. The van der Waals surface area contributed by atoms with Gasteiger partial charge in [-0.05, 0) is 38.3 Å². The third-order valence-electron chi connectivity index (χ3n) is 4.62. The highest BCUT2D eigenvalue weighted by atomic mass is 15.1. The summed E-state index contributed by atoms with van der Waals surface area (Å²) in [6.45, 7) is 5.11. The van der Waals surface area contributed by atoms with Gasteiger partial charge in [-0.15, -0.1) is 0 Å². The summed E-state index contributed by atoms with van der Waals surface area (Å²) < 4.78 is 2.19. The molecule has 0 amide bonds. The molecule has 0 saturated heterocycles. The summed E-state index contributed by atoms with van der Waals surface area (Å²) in [5, 5.41) is 0. The zero-order valence-corrected chi connectivity index (χ0v) is 13.0. The van der Waals surface area contributed by atoms with Crippen LogP contribution in [0.25, 0.3) is 11.3 Å². The van der Waals surface area contributed by atoms with Crippen LogP contribution in [0.15, 0.2) is 18.5 Å². The van der Waals surface area contributed by atoms with Gasteiger partial charge in [-0.1, -0.05) is 19.3 Å². The molecule has 0 aliphatic heterocycles. The van der Waals surface area contributed by atoms with Crippen molar-refractivity contribution in [3.63, 3.8) is 0 Å². The Balaban J connectivity index is 2.07. The van der Waals surface area contributed by atoms with Crippen molar-refractivity contribution in [3.05, 3.63) is 29.8 Å². The highest BCUT2D eigenvalue weighted by Gasteiger charge is 2.24. The molecule has 3 rings (SSSR count). The molecule has 2 aromatic rings. The fraction of sp³-hybridized carbons (Fsp3) is 0.529. The van der Waals surface area contributed by atoms with Crippen molar-refractivity contribution in [3.8, 4) is 11.3 Å². The fourth-order valence-electron chi connectivity index (χ4n) is 3.40. The van der Waals surface area contributed by atoms with Crippen molar-refractivity contribution in [1.29, 1.82) is 0 Å². The lowest BCUT2D eigenvalue weighted by molar-refractivity contribution is 0.418. The van der Waals surface area contributed by atoms with Crippen LogP contribution in [0.5, 0.6) is 0 Å². The second-order valence-electron chi connectivity index (χ2n) is 5.97. The van der Waals surface area contributed by atoms with Gasteiger partial charge in [-0.2, -0.15) is 0 Å². The minimum absolute atomic E-state index is 0.562. The molecule has 0 bridgehead atoms. The Bertz CT molecular complexity index is 624. The molecule has 112 valence electrons. The number of anilines is 1. The normalized spacial score (nSPS) is 16.3. The molecule has 4 nitrogen and oxygen atoms in total. The first kappa shape index (κ1) is 14.1. The molecule has 0 radical (unpaired) electrons. The molecule has 1 fully saturated rings. The number of aromatic nitrogens is 3. The van der Waals surface area contributed by atoms with Crippen LogP contribution in [0.3, 0.4) is 0 Å². The molecule has 1 saturated carbocycles. The van der Waals surface area contributed by atoms with Crippen LogP contribution in [-0.4, -0.2) is 14.5 Å². The average molecular weight is 284 g/mol. The average Bonchev–Trinajstić information content (AvgIpc) is 2.85. The van der Waals surface area contributed by atoms with E-state index in [0.29, 0.717) is 5.92 Å². The Labute approximate surface area is 126 Å². The molecular formula is C17H24N4. The van der Waals surface area contributed by atoms with Gasteiger partial charge in [0.1, 0.15) is 17.3 Å². The Morgan fingerprint density at radius 3 is 2.71 bits per heavy atom. The van der Waals surface area contributed by atoms with Crippen LogP contribution in [-0.2, 0) is 6.54 Å². The summed E-state index contributed by atoms with van der Waals surface area (Å²) in [5.41, 5.74) is 9.53. The Hall–Kier alpha value is -1.84. The first-order valence-electron chi connectivity index (χ1n) is 7.99. The van der Waals surface area contributed by atoms with E-state index in [9.17, 15) is 0 Å². The van der Waals surface area contributed by atoms with E-state index in [1.54, 1.807) is 0 Å². The number of pyridine rings is 1. The zero-order valence-electron chi connectivity index (χ0n) is 13.0. The molecule has 0 unspecified atom stereocenters. The smallest absolute Gasteiger partial charge is 0.131 e. The third kappa shape index (κ3) is 2.55. The number of nitrogen functional groups attached to an aromatic ring is 1. The highest BCUT2D eigenvalue weighted by molar-refractivity contribution is 5.73. The number of hydrogen-bond donors (Lipinski definition) is 1. The highest BCUT2D eigenvalue weighted by Crippen LogP contribution is 2.36. The maximum absolute atomic E-state index is 6.39. The molecule has 0 spiro atoms.